The Bertz CT molecular complexity index is 404. The minimum atomic E-state index is 0.0813. The minimum Gasteiger partial charge on any atom is -0.386 e. The van der Waals surface area contributed by atoms with Gasteiger partial charge in [-0.1, -0.05) is 19.8 Å². The van der Waals surface area contributed by atoms with Crippen LogP contribution in [-0.4, -0.2) is 35.4 Å². The van der Waals surface area contributed by atoms with Crippen LogP contribution >= 0.6 is 0 Å². The zero-order chi connectivity index (χ0) is 14.3. The fourth-order valence-corrected chi connectivity index (χ4v) is 2.06. The van der Waals surface area contributed by atoms with E-state index in [2.05, 4.69) is 31.1 Å². The topological polar surface area (TPSA) is 45.2 Å². The molecule has 0 aromatic carbocycles. The molecule has 4 nitrogen and oxygen atoms in total. The monoisotopic (exact) mass is 263 g/mol. The van der Waals surface area contributed by atoms with Crippen LogP contribution in [0.15, 0.2) is 18.5 Å². The van der Waals surface area contributed by atoms with Gasteiger partial charge in [-0.25, -0.2) is 0 Å². The van der Waals surface area contributed by atoms with Crippen LogP contribution in [0.5, 0.6) is 0 Å². The van der Waals surface area contributed by atoms with Gasteiger partial charge in [0.2, 0.25) is 0 Å². The number of aromatic nitrogens is 1. The Morgan fingerprint density at radius 1 is 1.42 bits per heavy atom. The van der Waals surface area contributed by atoms with Crippen LogP contribution in [0.2, 0.25) is 0 Å². The number of hydrogen-bond donors (Lipinski definition) is 1. The summed E-state index contributed by atoms with van der Waals surface area (Å²) in [5, 5.41) is 3.03. The third-order valence-electron chi connectivity index (χ3n) is 3.21. The number of carbonyl (C=O) groups excluding carboxylic acids is 1. The number of rotatable bonds is 7. The maximum Gasteiger partial charge on any atom is 0.256 e. The number of anilines is 1. The van der Waals surface area contributed by atoms with Crippen LogP contribution in [0.25, 0.3) is 0 Å². The van der Waals surface area contributed by atoms with Crippen molar-refractivity contribution in [3.05, 3.63) is 24.0 Å². The third kappa shape index (κ3) is 4.23. The van der Waals surface area contributed by atoms with Crippen molar-refractivity contribution in [1.82, 2.24) is 9.88 Å². The molecule has 1 amide bonds. The number of carbonyl (C=O) groups is 1. The molecule has 0 radical (unpaired) electrons. The lowest BCUT2D eigenvalue weighted by molar-refractivity contribution is 0.0703. The zero-order valence-electron chi connectivity index (χ0n) is 12.4. The second-order valence-electron chi connectivity index (χ2n) is 4.97. The van der Waals surface area contributed by atoms with E-state index in [4.69, 9.17) is 0 Å². The highest BCUT2D eigenvalue weighted by Gasteiger charge is 2.20. The zero-order valence-corrected chi connectivity index (χ0v) is 12.4. The van der Waals surface area contributed by atoms with Gasteiger partial charge in [0.25, 0.3) is 5.91 Å². The van der Waals surface area contributed by atoms with Gasteiger partial charge in [0, 0.05) is 25.8 Å². The van der Waals surface area contributed by atoms with Gasteiger partial charge < -0.3 is 10.2 Å². The van der Waals surface area contributed by atoms with Crippen molar-refractivity contribution in [2.75, 3.05) is 18.9 Å². The largest absolute Gasteiger partial charge is 0.386 e. The van der Waals surface area contributed by atoms with Crippen molar-refractivity contribution in [3.8, 4) is 0 Å². The first kappa shape index (κ1) is 15.5. The van der Waals surface area contributed by atoms with E-state index in [1.165, 1.54) is 0 Å². The highest BCUT2D eigenvalue weighted by molar-refractivity contribution is 5.99. The molecule has 106 valence electrons. The normalized spacial score (nSPS) is 10.6. The maximum atomic E-state index is 12.6. The molecule has 0 saturated heterocycles. The number of pyridine rings is 1. The molecular formula is C15H25N3O. The highest BCUT2D eigenvalue weighted by Crippen LogP contribution is 2.17. The summed E-state index contributed by atoms with van der Waals surface area (Å²) < 4.78 is 0. The Morgan fingerprint density at radius 3 is 2.74 bits per heavy atom. The Balaban J connectivity index is 2.86. The second kappa shape index (κ2) is 7.77. The lowest BCUT2D eigenvalue weighted by atomic mass is 10.1. The molecule has 0 aliphatic rings. The molecule has 0 fully saturated rings. The minimum absolute atomic E-state index is 0.0813. The molecule has 1 N–H and O–H groups in total. The number of amides is 1. The summed E-state index contributed by atoms with van der Waals surface area (Å²) in [7, 11) is 1.81. The van der Waals surface area contributed by atoms with Crippen molar-refractivity contribution >= 4 is 11.6 Å². The lowest BCUT2D eigenvalue weighted by Gasteiger charge is -2.27. The number of hydrogen-bond acceptors (Lipinski definition) is 3. The van der Waals surface area contributed by atoms with Crippen molar-refractivity contribution in [2.24, 2.45) is 0 Å². The standard InChI is InChI=1S/C15H25N3O/c1-5-6-7-10-18(12(2)3)15(19)13-8-9-17-11-14(13)16-4/h8-9,11-12,16H,5-7,10H2,1-4H3. The summed E-state index contributed by atoms with van der Waals surface area (Å²) in [4.78, 5) is 18.6. The SMILES string of the molecule is CCCCCN(C(=O)c1ccncc1NC)C(C)C. The first-order valence-electron chi connectivity index (χ1n) is 7.04. The molecule has 0 aliphatic carbocycles. The molecule has 0 unspecified atom stereocenters. The molecule has 1 aromatic heterocycles. The van der Waals surface area contributed by atoms with Crippen LogP contribution in [0.3, 0.4) is 0 Å². The molecule has 0 spiro atoms. The maximum absolute atomic E-state index is 12.6. The second-order valence-corrected chi connectivity index (χ2v) is 4.97. The third-order valence-corrected chi connectivity index (χ3v) is 3.21. The van der Waals surface area contributed by atoms with Crippen molar-refractivity contribution in [3.63, 3.8) is 0 Å². The Kier molecular flexibility index (Phi) is 6.33. The summed E-state index contributed by atoms with van der Waals surface area (Å²) in [5.41, 5.74) is 1.48. The molecule has 1 aromatic rings. The summed E-state index contributed by atoms with van der Waals surface area (Å²) >= 11 is 0. The fourth-order valence-electron chi connectivity index (χ4n) is 2.06. The Morgan fingerprint density at radius 2 is 2.16 bits per heavy atom. The molecule has 1 rings (SSSR count). The highest BCUT2D eigenvalue weighted by atomic mass is 16.2. The Labute approximate surface area is 116 Å². The molecule has 19 heavy (non-hydrogen) atoms. The van der Waals surface area contributed by atoms with E-state index in [1.54, 1.807) is 18.5 Å². The summed E-state index contributed by atoms with van der Waals surface area (Å²) in [6, 6.07) is 1.99. The van der Waals surface area contributed by atoms with Gasteiger partial charge in [-0.15, -0.1) is 0 Å². The fraction of sp³-hybridized carbons (Fsp3) is 0.600. The average Bonchev–Trinajstić information content (AvgIpc) is 2.42. The van der Waals surface area contributed by atoms with Gasteiger partial charge in [-0.3, -0.25) is 9.78 Å². The Hall–Kier alpha value is -1.58. The van der Waals surface area contributed by atoms with Gasteiger partial charge in [0.1, 0.15) is 0 Å². The predicted octanol–water partition coefficient (Wildman–Crippen LogP) is 3.16. The van der Waals surface area contributed by atoms with Gasteiger partial charge in [0.15, 0.2) is 0 Å². The first-order valence-corrected chi connectivity index (χ1v) is 7.04. The van der Waals surface area contributed by atoms with Crippen LogP contribution in [0, 0.1) is 0 Å². The molecule has 0 aliphatic heterocycles. The molecular weight excluding hydrogens is 238 g/mol. The van der Waals surface area contributed by atoms with Crippen molar-refractivity contribution in [2.45, 2.75) is 46.1 Å². The van der Waals surface area contributed by atoms with Crippen LogP contribution in [0.4, 0.5) is 5.69 Å². The van der Waals surface area contributed by atoms with Crippen LogP contribution in [-0.2, 0) is 0 Å². The van der Waals surface area contributed by atoms with E-state index in [9.17, 15) is 4.79 Å². The van der Waals surface area contributed by atoms with Crippen LogP contribution < -0.4 is 5.32 Å². The predicted molar refractivity (Wildman–Crippen MR) is 79.5 cm³/mol. The average molecular weight is 263 g/mol. The van der Waals surface area contributed by atoms with E-state index >= 15 is 0 Å². The van der Waals surface area contributed by atoms with Crippen molar-refractivity contribution < 1.29 is 4.79 Å². The van der Waals surface area contributed by atoms with E-state index in [-0.39, 0.29) is 11.9 Å². The molecule has 4 heteroatoms. The smallest absolute Gasteiger partial charge is 0.256 e. The quantitative estimate of drug-likeness (QED) is 0.769. The van der Waals surface area contributed by atoms with Gasteiger partial charge in [-0.05, 0) is 26.3 Å². The number of nitrogens with one attached hydrogen (secondary N) is 1. The van der Waals surface area contributed by atoms with E-state index < -0.39 is 0 Å². The first-order chi connectivity index (χ1) is 9.11. The van der Waals surface area contributed by atoms with E-state index in [0.717, 1.165) is 31.5 Å². The molecule has 0 bridgehead atoms. The van der Waals surface area contributed by atoms with Crippen molar-refractivity contribution in [1.29, 1.82) is 0 Å². The van der Waals surface area contributed by atoms with Gasteiger partial charge in [-0.2, -0.15) is 0 Å². The summed E-state index contributed by atoms with van der Waals surface area (Å²) in [5.74, 6) is 0.0813. The lowest BCUT2D eigenvalue weighted by Crippen LogP contribution is -2.38. The van der Waals surface area contributed by atoms with Gasteiger partial charge in [0.05, 0.1) is 17.4 Å². The van der Waals surface area contributed by atoms with E-state index in [0.29, 0.717) is 5.56 Å². The van der Waals surface area contributed by atoms with Crippen LogP contribution in [0.1, 0.15) is 50.4 Å². The summed E-state index contributed by atoms with van der Waals surface area (Å²) in [6.07, 6.45) is 6.74. The molecule has 1 heterocycles. The van der Waals surface area contributed by atoms with E-state index in [1.807, 2.05) is 11.9 Å². The molecule has 0 saturated carbocycles. The number of nitrogens with zero attached hydrogens (tertiary/aromatic N) is 2. The van der Waals surface area contributed by atoms with Gasteiger partial charge >= 0.3 is 0 Å². The number of unbranched alkanes of at least 4 members (excludes halogenated alkanes) is 2. The summed E-state index contributed by atoms with van der Waals surface area (Å²) in [6.45, 7) is 7.10. The molecule has 0 atom stereocenters.